The molecule has 1 amide bonds. The highest BCUT2D eigenvalue weighted by molar-refractivity contribution is 9.10. The number of anilines is 1. The number of nitrogens with zero attached hydrogens (tertiary/aromatic N) is 1. The summed E-state index contributed by atoms with van der Waals surface area (Å²) in [5.74, 6) is -0.601. The topological polar surface area (TPSA) is 79.2 Å². The standard InChI is InChI=1S/C14H17BrN2O3S/c1-5-20-14(19)11-8(4)9(6-16)13(21-11)17-12(18)10(15)7(2)3/h7,10H,5H2,1-4H3,(H,17,18). The number of amides is 1. The first kappa shape index (κ1) is 17.7. The highest BCUT2D eigenvalue weighted by Gasteiger charge is 2.25. The van der Waals surface area contributed by atoms with Crippen molar-refractivity contribution in [2.24, 2.45) is 5.92 Å². The molecule has 1 aromatic heterocycles. The zero-order chi connectivity index (χ0) is 16.2. The van der Waals surface area contributed by atoms with Crippen LogP contribution in [-0.2, 0) is 9.53 Å². The summed E-state index contributed by atoms with van der Waals surface area (Å²) in [5, 5.41) is 12.3. The van der Waals surface area contributed by atoms with Gasteiger partial charge in [0.15, 0.2) is 0 Å². The van der Waals surface area contributed by atoms with Gasteiger partial charge in [-0.3, -0.25) is 4.79 Å². The third-order valence-electron chi connectivity index (χ3n) is 2.79. The Balaban J connectivity index is 3.09. The Hall–Kier alpha value is -1.39. The molecule has 1 aromatic rings. The number of ether oxygens (including phenoxy) is 1. The number of nitrogens with one attached hydrogen (secondary N) is 1. The van der Waals surface area contributed by atoms with Gasteiger partial charge >= 0.3 is 5.97 Å². The summed E-state index contributed by atoms with van der Waals surface area (Å²) in [6.07, 6.45) is 0. The van der Waals surface area contributed by atoms with Crippen LogP contribution in [0.2, 0.25) is 0 Å². The minimum atomic E-state index is -0.476. The maximum atomic E-state index is 12.1. The third-order valence-corrected chi connectivity index (χ3v) is 5.45. The first-order chi connectivity index (χ1) is 9.83. The first-order valence-corrected chi connectivity index (χ1v) is 8.22. The van der Waals surface area contributed by atoms with Crippen LogP contribution in [0.5, 0.6) is 0 Å². The molecule has 1 atom stereocenters. The molecule has 114 valence electrons. The summed E-state index contributed by atoms with van der Waals surface area (Å²) in [4.78, 5) is 23.9. The highest BCUT2D eigenvalue weighted by Crippen LogP contribution is 2.33. The van der Waals surface area contributed by atoms with E-state index in [0.717, 1.165) is 11.3 Å². The summed E-state index contributed by atoms with van der Waals surface area (Å²) in [5.41, 5.74) is 0.840. The van der Waals surface area contributed by atoms with E-state index >= 15 is 0 Å². The molecule has 0 saturated carbocycles. The molecule has 0 saturated heterocycles. The van der Waals surface area contributed by atoms with Gasteiger partial charge in [-0.05, 0) is 25.3 Å². The van der Waals surface area contributed by atoms with Crippen LogP contribution in [0, 0.1) is 24.2 Å². The van der Waals surface area contributed by atoms with E-state index in [-0.39, 0.29) is 23.3 Å². The van der Waals surface area contributed by atoms with Crippen molar-refractivity contribution in [2.45, 2.75) is 32.5 Å². The summed E-state index contributed by atoms with van der Waals surface area (Å²) in [7, 11) is 0. The van der Waals surface area contributed by atoms with Crippen molar-refractivity contribution in [1.29, 1.82) is 5.26 Å². The van der Waals surface area contributed by atoms with Gasteiger partial charge < -0.3 is 10.1 Å². The van der Waals surface area contributed by atoms with Gasteiger partial charge in [0.25, 0.3) is 0 Å². The van der Waals surface area contributed by atoms with Gasteiger partial charge in [-0.2, -0.15) is 5.26 Å². The van der Waals surface area contributed by atoms with E-state index in [4.69, 9.17) is 4.74 Å². The number of halogens is 1. The van der Waals surface area contributed by atoms with E-state index in [2.05, 4.69) is 21.2 Å². The third kappa shape index (κ3) is 4.05. The predicted molar refractivity (Wildman–Crippen MR) is 85.9 cm³/mol. The number of thiophene rings is 1. The Morgan fingerprint density at radius 2 is 2.10 bits per heavy atom. The van der Waals surface area contributed by atoms with Gasteiger partial charge in [0.2, 0.25) is 5.91 Å². The number of alkyl halides is 1. The molecule has 1 N–H and O–H groups in total. The van der Waals surface area contributed by atoms with E-state index in [1.165, 1.54) is 0 Å². The van der Waals surface area contributed by atoms with Crippen molar-refractivity contribution in [3.05, 3.63) is 16.0 Å². The average molecular weight is 373 g/mol. The Morgan fingerprint density at radius 1 is 1.48 bits per heavy atom. The maximum Gasteiger partial charge on any atom is 0.348 e. The summed E-state index contributed by atoms with van der Waals surface area (Å²) in [6, 6.07) is 2.03. The number of hydrogen-bond acceptors (Lipinski definition) is 5. The molecule has 0 aliphatic heterocycles. The maximum absolute atomic E-state index is 12.1. The van der Waals surface area contributed by atoms with Crippen molar-refractivity contribution in [2.75, 3.05) is 11.9 Å². The lowest BCUT2D eigenvalue weighted by Gasteiger charge is -2.12. The van der Waals surface area contributed by atoms with Crippen molar-refractivity contribution in [3.63, 3.8) is 0 Å². The lowest BCUT2D eigenvalue weighted by molar-refractivity contribution is -0.116. The van der Waals surface area contributed by atoms with Gasteiger partial charge in [0.05, 0.1) is 17.0 Å². The fraction of sp³-hybridized carbons (Fsp3) is 0.500. The van der Waals surface area contributed by atoms with Crippen LogP contribution in [0.25, 0.3) is 0 Å². The van der Waals surface area contributed by atoms with E-state index in [1.807, 2.05) is 19.9 Å². The molecule has 0 bridgehead atoms. The number of carbonyl (C=O) groups is 2. The Bertz CT molecular complexity index is 590. The van der Waals surface area contributed by atoms with Crippen LogP contribution in [0.4, 0.5) is 5.00 Å². The van der Waals surface area contributed by atoms with E-state index in [1.54, 1.807) is 13.8 Å². The zero-order valence-corrected chi connectivity index (χ0v) is 14.7. The molecule has 7 heteroatoms. The quantitative estimate of drug-likeness (QED) is 0.633. The number of hydrogen-bond donors (Lipinski definition) is 1. The SMILES string of the molecule is CCOC(=O)c1sc(NC(=O)C(Br)C(C)C)c(C#N)c1C. The number of nitriles is 1. The second-order valence-electron chi connectivity index (χ2n) is 4.73. The highest BCUT2D eigenvalue weighted by atomic mass is 79.9. The molecule has 0 aliphatic carbocycles. The molecule has 1 unspecified atom stereocenters. The summed E-state index contributed by atoms with van der Waals surface area (Å²) in [6.45, 7) is 7.47. The van der Waals surface area contributed by atoms with Gasteiger partial charge in [-0.25, -0.2) is 4.79 Å². The van der Waals surface area contributed by atoms with Gasteiger partial charge in [-0.1, -0.05) is 29.8 Å². The molecule has 0 aromatic carbocycles. The van der Waals surface area contributed by atoms with Crippen LogP contribution in [0.3, 0.4) is 0 Å². The van der Waals surface area contributed by atoms with Crippen LogP contribution >= 0.6 is 27.3 Å². The lowest BCUT2D eigenvalue weighted by Crippen LogP contribution is -2.26. The van der Waals surface area contributed by atoms with Crippen LogP contribution in [0.1, 0.15) is 41.6 Å². The van der Waals surface area contributed by atoms with E-state index in [0.29, 0.717) is 21.0 Å². The predicted octanol–water partition coefficient (Wildman–Crippen LogP) is 3.46. The Morgan fingerprint density at radius 3 is 2.57 bits per heavy atom. The molecular weight excluding hydrogens is 356 g/mol. The lowest BCUT2D eigenvalue weighted by atomic mass is 10.1. The average Bonchev–Trinajstić information content (AvgIpc) is 2.74. The smallest absolute Gasteiger partial charge is 0.348 e. The van der Waals surface area contributed by atoms with Crippen molar-refractivity contribution < 1.29 is 14.3 Å². The Kier molecular flexibility index (Phi) is 6.37. The monoisotopic (exact) mass is 372 g/mol. The fourth-order valence-electron chi connectivity index (χ4n) is 1.61. The minimum absolute atomic E-state index is 0.112. The molecule has 1 heterocycles. The molecule has 0 radical (unpaired) electrons. The largest absolute Gasteiger partial charge is 0.462 e. The van der Waals surface area contributed by atoms with Gasteiger partial charge in [0.1, 0.15) is 15.9 Å². The van der Waals surface area contributed by atoms with Crippen molar-refractivity contribution in [1.82, 2.24) is 0 Å². The summed E-state index contributed by atoms with van der Waals surface area (Å²) < 4.78 is 4.95. The second-order valence-corrected chi connectivity index (χ2v) is 6.73. The number of rotatable bonds is 5. The first-order valence-electron chi connectivity index (χ1n) is 6.48. The second kappa shape index (κ2) is 7.57. The Labute approximate surface area is 136 Å². The van der Waals surface area contributed by atoms with Crippen molar-refractivity contribution >= 4 is 44.1 Å². The number of carbonyl (C=O) groups excluding carboxylic acids is 2. The van der Waals surface area contributed by atoms with Crippen LogP contribution in [-0.4, -0.2) is 23.3 Å². The van der Waals surface area contributed by atoms with E-state index < -0.39 is 5.97 Å². The molecule has 0 spiro atoms. The molecular formula is C14H17BrN2O3S. The van der Waals surface area contributed by atoms with Gasteiger partial charge in [0, 0.05) is 0 Å². The zero-order valence-electron chi connectivity index (χ0n) is 12.3. The van der Waals surface area contributed by atoms with E-state index in [9.17, 15) is 14.9 Å². The molecule has 1 rings (SSSR count). The number of esters is 1. The normalized spacial score (nSPS) is 11.9. The molecule has 0 aliphatic rings. The van der Waals surface area contributed by atoms with Gasteiger partial charge in [-0.15, -0.1) is 11.3 Å². The van der Waals surface area contributed by atoms with Crippen molar-refractivity contribution in [3.8, 4) is 6.07 Å². The molecule has 0 fully saturated rings. The van der Waals surface area contributed by atoms with Crippen LogP contribution in [0.15, 0.2) is 0 Å². The summed E-state index contributed by atoms with van der Waals surface area (Å²) >= 11 is 4.38. The van der Waals surface area contributed by atoms with Crippen LogP contribution < -0.4 is 5.32 Å². The molecule has 5 nitrogen and oxygen atoms in total. The fourth-order valence-corrected chi connectivity index (χ4v) is 2.78. The minimum Gasteiger partial charge on any atom is -0.462 e. The molecule has 21 heavy (non-hydrogen) atoms.